The third-order valence-electron chi connectivity index (χ3n) is 11.9. The first-order valence-electron chi connectivity index (χ1n) is 25.6. The molecule has 10 nitrogen and oxygen atoms in total. The van der Waals surface area contributed by atoms with Crippen molar-refractivity contribution in [3.05, 3.63) is 5.82 Å². The van der Waals surface area contributed by atoms with E-state index in [4.69, 9.17) is 14.7 Å². The molecule has 0 aromatic carbocycles. The zero-order valence-corrected chi connectivity index (χ0v) is 39.7. The molecule has 0 aliphatic heterocycles. The van der Waals surface area contributed by atoms with Gasteiger partial charge in [-0.25, -0.2) is 0 Å². The van der Waals surface area contributed by atoms with E-state index >= 15 is 0 Å². The first kappa shape index (κ1) is 55.3. The van der Waals surface area contributed by atoms with Crippen molar-refractivity contribution in [2.75, 3.05) is 31.5 Å². The fourth-order valence-electron chi connectivity index (χ4n) is 8.06. The Hall–Kier alpha value is -2.67. The van der Waals surface area contributed by atoms with Crippen LogP contribution in [0.1, 0.15) is 258 Å². The van der Waals surface area contributed by atoms with Gasteiger partial charge in [0.1, 0.15) is 18.3 Å². The van der Waals surface area contributed by atoms with Crippen molar-refractivity contribution in [1.29, 1.82) is 5.26 Å². The lowest BCUT2D eigenvalue weighted by Gasteiger charge is -2.22. The smallest absolute Gasteiger partial charge is 0.306 e. The zero-order chi connectivity index (χ0) is 43.6. The molecule has 1 aromatic rings. The Morgan fingerprint density at radius 1 is 0.550 bits per heavy atom. The number of hydrogen-bond acceptors (Lipinski definition) is 9. The number of ether oxygens (including phenoxy) is 2. The molecule has 1 unspecified atom stereocenters. The largest absolute Gasteiger partial charge is 0.462 e. The van der Waals surface area contributed by atoms with Crippen LogP contribution in [-0.4, -0.2) is 70.4 Å². The van der Waals surface area contributed by atoms with Crippen molar-refractivity contribution in [3.8, 4) is 6.07 Å². The predicted octanol–water partition coefficient (Wildman–Crippen LogP) is 13.9. The summed E-state index contributed by atoms with van der Waals surface area (Å²) >= 11 is 0. The number of rotatable bonds is 45. The third-order valence-corrected chi connectivity index (χ3v) is 11.9. The summed E-state index contributed by atoms with van der Waals surface area (Å²) in [5.74, 6) is 0.750. The van der Waals surface area contributed by atoms with Crippen LogP contribution in [0, 0.1) is 11.3 Å². The first-order chi connectivity index (χ1) is 29.4. The molecule has 0 spiro atoms. The van der Waals surface area contributed by atoms with Gasteiger partial charge in [0.15, 0.2) is 0 Å². The number of nitrogens with zero attached hydrogens (tertiary/aromatic N) is 4. The van der Waals surface area contributed by atoms with Gasteiger partial charge in [0.25, 0.3) is 0 Å². The van der Waals surface area contributed by atoms with Gasteiger partial charge in [-0.05, 0) is 96.7 Å². The summed E-state index contributed by atoms with van der Waals surface area (Å²) in [5.41, 5.74) is 0. The predicted molar refractivity (Wildman–Crippen MR) is 250 cm³/mol. The van der Waals surface area contributed by atoms with Crippen molar-refractivity contribution in [3.63, 3.8) is 0 Å². The van der Waals surface area contributed by atoms with Gasteiger partial charge in [0.2, 0.25) is 11.8 Å². The van der Waals surface area contributed by atoms with E-state index in [1.165, 1.54) is 122 Å². The lowest BCUT2D eigenvalue weighted by atomic mass is 10.0. The van der Waals surface area contributed by atoms with Crippen molar-refractivity contribution in [2.24, 2.45) is 0 Å². The average Bonchev–Trinajstić information content (AvgIpc) is 3.72. The molecule has 0 amide bonds. The maximum Gasteiger partial charge on any atom is 0.306 e. The van der Waals surface area contributed by atoms with Gasteiger partial charge >= 0.3 is 11.9 Å². The van der Waals surface area contributed by atoms with Crippen LogP contribution >= 0.6 is 0 Å². The van der Waals surface area contributed by atoms with Gasteiger partial charge in [-0.2, -0.15) is 5.26 Å². The molecule has 1 rings (SSSR count). The molecule has 1 heterocycles. The summed E-state index contributed by atoms with van der Waals surface area (Å²) in [6, 6.07) is 1.98. The van der Waals surface area contributed by atoms with E-state index in [-0.39, 0.29) is 30.0 Å². The van der Waals surface area contributed by atoms with Crippen LogP contribution in [0.4, 0.5) is 5.95 Å². The highest BCUT2D eigenvalue weighted by molar-refractivity contribution is 5.69. The van der Waals surface area contributed by atoms with Crippen LogP contribution in [0.15, 0.2) is 0 Å². The number of carbonyl (C=O) groups excluding carboxylic acids is 2. The summed E-state index contributed by atoms with van der Waals surface area (Å²) in [6.45, 7) is 12.8. The molecular formula is C50H94N6O4. The minimum atomic E-state index is -0.0204. The quantitative estimate of drug-likeness (QED) is 0.0486. The van der Waals surface area contributed by atoms with E-state index in [1.54, 1.807) is 0 Å². The normalized spacial score (nSPS) is 11.9. The van der Waals surface area contributed by atoms with Gasteiger partial charge in [0.05, 0.1) is 0 Å². The fourth-order valence-corrected chi connectivity index (χ4v) is 8.06. The van der Waals surface area contributed by atoms with Crippen LogP contribution in [0.2, 0.25) is 0 Å². The lowest BCUT2D eigenvalue weighted by molar-refractivity contribution is -0.150. The number of anilines is 1. The third kappa shape index (κ3) is 34.0. The van der Waals surface area contributed by atoms with Crippen LogP contribution in [-0.2, 0) is 19.1 Å². The number of aromatic nitrogens is 3. The zero-order valence-electron chi connectivity index (χ0n) is 39.7. The monoisotopic (exact) mass is 843 g/mol. The first-order valence-corrected chi connectivity index (χ1v) is 25.6. The Labute approximate surface area is 369 Å². The summed E-state index contributed by atoms with van der Waals surface area (Å²) in [6.07, 6.45) is 40.0. The minimum Gasteiger partial charge on any atom is -0.462 e. The van der Waals surface area contributed by atoms with Gasteiger partial charge in [-0.15, -0.1) is 10.2 Å². The molecule has 0 saturated carbocycles. The summed E-state index contributed by atoms with van der Waals surface area (Å²) < 4.78 is 11.9. The molecule has 0 radical (unpaired) electrons. The van der Waals surface area contributed by atoms with E-state index in [2.05, 4.69) is 53.1 Å². The molecular weight excluding hydrogens is 749 g/mol. The highest BCUT2D eigenvalue weighted by Crippen LogP contribution is 2.19. The second-order valence-electron chi connectivity index (χ2n) is 17.6. The molecule has 0 bridgehead atoms. The lowest BCUT2D eigenvalue weighted by Crippen LogP contribution is -2.28. The van der Waals surface area contributed by atoms with Crippen LogP contribution in [0.3, 0.4) is 0 Å². The number of aromatic amines is 1. The number of esters is 2. The Morgan fingerprint density at radius 3 is 1.40 bits per heavy atom. The average molecular weight is 843 g/mol. The van der Waals surface area contributed by atoms with Crippen LogP contribution < -0.4 is 5.32 Å². The number of H-pyrrole nitrogens is 1. The number of unbranched alkanes of at least 4 members (excludes halogenated alkanes) is 23. The topological polar surface area (TPSA) is 133 Å². The number of hydrogen-bond donors (Lipinski definition) is 2. The van der Waals surface area contributed by atoms with Crippen LogP contribution in [0.25, 0.3) is 0 Å². The maximum atomic E-state index is 12.9. The van der Waals surface area contributed by atoms with Crippen molar-refractivity contribution < 1.29 is 19.1 Å². The van der Waals surface area contributed by atoms with E-state index < -0.39 is 0 Å². The van der Waals surface area contributed by atoms with Crippen LogP contribution in [0.5, 0.6) is 0 Å². The molecule has 0 aliphatic carbocycles. The number of carbonyl (C=O) groups is 2. The molecule has 10 heteroatoms. The molecule has 1 atom stereocenters. The molecule has 2 N–H and O–H groups in total. The Bertz CT molecular complexity index is 1140. The standard InChI is InChI=1S/C50H94N6O4/c1-5-9-12-15-20-27-35-45(8-4)59-48(57)38-30-23-18-25-32-41-56(43-34-40-52-50-53-47(44-51)54-55-50)42-33-26-19-24-31-39-49(58)60-46(36-28-21-16-13-10-6-2)37-29-22-17-14-11-7-3/h45-46H,5-43H2,1-4H3,(H2,52,53,54,55). The molecule has 0 aliphatic rings. The second-order valence-corrected chi connectivity index (χ2v) is 17.6. The van der Waals surface area contributed by atoms with Crippen molar-refractivity contribution in [1.82, 2.24) is 20.1 Å². The second kappa shape index (κ2) is 41.7. The molecule has 60 heavy (non-hydrogen) atoms. The summed E-state index contributed by atoms with van der Waals surface area (Å²) in [5, 5.41) is 20.1. The highest BCUT2D eigenvalue weighted by Gasteiger charge is 2.15. The van der Waals surface area contributed by atoms with Gasteiger partial charge in [-0.1, -0.05) is 163 Å². The summed E-state index contributed by atoms with van der Waals surface area (Å²) in [4.78, 5) is 30.8. The molecule has 0 saturated heterocycles. The fraction of sp³-hybridized carbons (Fsp3) is 0.900. The number of nitrogens with one attached hydrogen (secondary N) is 2. The van der Waals surface area contributed by atoms with E-state index in [0.717, 1.165) is 116 Å². The van der Waals surface area contributed by atoms with Gasteiger partial charge in [-0.3, -0.25) is 14.6 Å². The molecule has 0 fully saturated rings. The number of nitriles is 1. The SMILES string of the molecule is CCCCCCCCC(CC)OC(=O)CCCCCCCN(CCCCCCCC(=O)OC(CCCCCCCC)CCCCCCCC)CCCNc1nnc(C#N)[nH]1. The Kier molecular flexibility index (Phi) is 38.4. The molecule has 1 aromatic heterocycles. The van der Waals surface area contributed by atoms with Gasteiger partial charge < -0.3 is 19.7 Å². The van der Waals surface area contributed by atoms with E-state index in [0.29, 0.717) is 18.8 Å². The Morgan fingerprint density at radius 2 is 0.950 bits per heavy atom. The summed E-state index contributed by atoms with van der Waals surface area (Å²) in [7, 11) is 0. The van der Waals surface area contributed by atoms with Gasteiger partial charge in [0, 0.05) is 19.4 Å². The van der Waals surface area contributed by atoms with Crippen molar-refractivity contribution >= 4 is 17.9 Å². The Balaban J connectivity index is 2.37. The van der Waals surface area contributed by atoms with E-state index in [9.17, 15) is 9.59 Å². The van der Waals surface area contributed by atoms with E-state index in [1.807, 2.05) is 6.07 Å². The molecule has 348 valence electrons. The van der Waals surface area contributed by atoms with Crippen molar-refractivity contribution in [2.45, 2.75) is 265 Å². The minimum absolute atomic E-state index is 0.00907. The highest BCUT2D eigenvalue weighted by atomic mass is 16.5. The maximum absolute atomic E-state index is 12.9.